The van der Waals surface area contributed by atoms with E-state index in [1.807, 2.05) is 7.05 Å². The molecule has 0 bridgehead atoms. The summed E-state index contributed by atoms with van der Waals surface area (Å²) in [6.07, 6.45) is -2.83. The van der Waals surface area contributed by atoms with Crippen LogP contribution in [0.3, 0.4) is 0 Å². The number of anilines is 1. The first kappa shape index (κ1) is 23.0. The van der Waals surface area contributed by atoms with E-state index in [1.165, 1.54) is 7.11 Å². The molecular weight excluding hydrogens is 473 g/mol. The van der Waals surface area contributed by atoms with Crippen LogP contribution in [0.15, 0.2) is 28.7 Å². The highest BCUT2D eigenvalue weighted by atomic mass is 19.4. The standard InChI is InChI=1S/C25H25F3N6O2/c1-33-9-7-15(8-10-33)21-31-32-22(36-21)23-12-24(23,25(26,27)28)14-34(13-23)18-5-3-16(11-29)20-17(18)4-6-19(30-20)35-2/h3-6,15H,7-10,12-14H2,1-2H3/t23-,24-/m0/s1. The van der Waals surface area contributed by atoms with Crippen LogP contribution in [0.1, 0.15) is 42.5 Å². The number of rotatable bonds is 4. The maximum Gasteiger partial charge on any atom is 0.397 e. The van der Waals surface area contributed by atoms with Crippen LogP contribution in [0.4, 0.5) is 18.9 Å². The number of ether oxygens (including phenoxy) is 1. The fraction of sp³-hybridized carbons (Fsp3) is 0.520. The van der Waals surface area contributed by atoms with Crippen molar-refractivity contribution in [2.75, 3.05) is 45.2 Å². The maximum absolute atomic E-state index is 14.5. The van der Waals surface area contributed by atoms with Crippen LogP contribution in [0.5, 0.6) is 5.88 Å². The Kier molecular flexibility index (Phi) is 4.99. The third-order valence-corrected chi connectivity index (χ3v) is 8.26. The van der Waals surface area contributed by atoms with E-state index in [9.17, 15) is 18.4 Å². The van der Waals surface area contributed by atoms with Gasteiger partial charge in [-0.05, 0) is 57.6 Å². The minimum Gasteiger partial charge on any atom is -0.481 e. The van der Waals surface area contributed by atoms with Crippen LogP contribution >= 0.6 is 0 Å². The lowest BCUT2D eigenvalue weighted by Crippen LogP contribution is -2.34. The van der Waals surface area contributed by atoms with Crippen molar-refractivity contribution in [3.8, 4) is 11.9 Å². The molecule has 2 atom stereocenters. The van der Waals surface area contributed by atoms with E-state index in [0.717, 1.165) is 25.9 Å². The number of pyridine rings is 1. The van der Waals surface area contributed by atoms with Gasteiger partial charge in [0.15, 0.2) is 0 Å². The van der Waals surface area contributed by atoms with Gasteiger partial charge in [0.1, 0.15) is 11.5 Å². The van der Waals surface area contributed by atoms with Gasteiger partial charge in [0.25, 0.3) is 0 Å². The molecule has 36 heavy (non-hydrogen) atoms. The largest absolute Gasteiger partial charge is 0.481 e. The highest BCUT2D eigenvalue weighted by Crippen LogP contribution is 2.75. The number of methoxy groups -OCH3 is 1. The Morgan fingerprint density at radius 2 is 1.92 bits per heavy atom. The average Bonchev–Trinajstić information content (AvgIpc) is 3.18. The van der Waals surface area contributed by atoms with Crippen LogP contribution in [-0.4, -0.2) is 66.6 Å². The Balaban J connectivity index is 1.38. The van der Waals surface area contributed by atoms with E-state index in [4.69, 9.17) is 9.15 Å². The van der Waals surface area contributed by atoms with E-state index in [2.05, 4.69) is 26.2 Å². The third-order valence-electron chi connectivity index (χ3n) is 8.26. The molecule has 0 spiro atoms. The molecule has 11 heteroatoms. The van der Waals surface area contributed by atoms with Gasteiger partial charge in [-0.25, -0.2) is 4.98 Å². The molecule has 6 rings (SSSR count). The number of likely N-dealkylation sites (tertiary alicyclic amines) is 1. The third kappa shape index (κ3) is 3.20. The second-order valence-corrected chi connectivity index (χ2v) is 10.2. The number of halogens is 3. The molecule has 2 aliphatic heterocycles. The molecule has 3 fully saturated rings. The lowest BCUT2D eigenvalue weighted by atomic mass is 9.95. The predicted octanol–water partition coefficient (Wildman–Crippen LogP) is 4.02. The summed E-state index contributed by atoms with van der Waals surface area (Å²) >= 11 is 0. The van der Waals surface area contributed by atoms with Gasteiger partial charge >= 0.3 is 6.18 Å². The van der Waals surface area contributed by atoms with E-state index >= 15 is 0 Å². The number of alkyl halides is 3. The first-order valence-corrected chi connectivity index (χ1v) is 11.9. The fourth-order valence-corrected chi connectivity index (χ4v) is 6.08. The Morgan fingerprint density at radius 1 is 1.14 bits per heavy atom. The second-order valence-electron chi connectivity index (χ2n) is 10.2. The van der Waals surface area contributed by atoms with Crippen LogP contribution in [0.25, 0.3) is 10.9 Å². The molecule has 1 saturated carbocycles. The predicted molar refractivity (Wildman–Crippen MR) is 124 cm³/mol. The minimum atomic E-state index is -4.44. The molecule has 8 nitrogen and oxygen atoms in total. The van der Waals surface area contributed by atoms with Gasteiger partial charge in [-0.3, -0.25) is 0 Å². The summed E-state index contributed by atoms with van der Waals surface area (Å²) in [6, 6.07) is 8.76. The summed E-state index contributed by atoms with van der Waals surface area (Å²) in [5.74, 6) is 0.915. The number of nitrogens with zero attached hydrogens (tertiary/aromatic N) is 6. The van der Waals surface area contributed by atoms with Gasteiger partial charge in [0.2, 0.25) is 17.7 Å². The van der Waals surface area contributed by atoms with E-state index in [1.54, 1.807) is 29.2 Å². The number of piperidine rings is 2. The quantitative estimate of drug-likeness (QED) is 0.533. The molecular formula is C25H25F3N6O2. The second kappa shape index (κ2) is 7.80. The Labute approximate surface area is 205 Å². The summed E-state index contributed by atoms with van der Waals surface area (Å²) in [5.41, 5.74) is -1.94. The smallest absolute Gasteiger partial charge is 0.397 e. The summed E-state index contributed by atoms with van der Waals surface area (Å²) in [4.78, 5) is 8.32. The number of aromatic nitrogens is 3. The zero-order valence-electron chi connectivity index (χ0n) is 20.0. The lowest BCUT2D eigenvalue weighted by molar-refractivity contribution is -0.187. The Morgan fingerprint density at radius 3 is 2.61 bits per heavy atom. The van der Waals surface area contributed by atoms with Crippen molar-refractivity contribution in [3.63, 3.8) is 0 Å². The van der Waals surface area contributed by atoms with Crippen LogP contribution < -0.4 is 9.64 Å². The molecule has 2 aromatic heterocycles. The first-order valence-electron chi connectivity index (χ1n) is 11.9. The molecule has 0 amide bonds. The topological polar surface area (TPSA) is 91.3 Å². The first-order chi connectivity index (χ1) is 17.2. The molecule has 0 radical (unpaired) electrons. The summed E-state index contributed by atoms with van der Waals surface area (Å²) in [5, 5.41) is 18.5. The summed E-state index contributed by atoms with van der Waals surface area (Å²) in [6.45, 7) is 1.64. The monoisotopic (exact) mass is 498 g/mol. The van der Waals surface area contributed by atoms with Crippen molar-refractivity contribution in [2.45, 2.75) is 36.8 Å². The van der Waals surface area contributed by atoms with Crippen LogP contribution in [-0.2, 0) is 5.41 Å². The summed E-state index contributed by atoms with van der Waals surface area (Å²) in [7, 11) is 3.51. The average molecular weight is 499 g/mol. The maximum atomic E-state index is 14.5. The van der Waals surface area contributed by atoms with E-state index in [-0.39, 0.29) is 31.3 Å². The molecule has 4 heterocycles. The van der Waals surface area contributed by atoms with Gasteiger partial charge in [-0.1, -0.05) is 0 Å². The van der Waals surface area contributed by atoms with Crippen molar-refractivity contribution >= 4 is 16.6 Å². The highest BCUT2D eigenvalue weighted by molar-refractivity contribution is 5.96. The van der Waals surface area contributed by atoms with E-state index < -0.39 is 17.0 Å². The fourth-order valence-electron chi connectivity index (χ4n) is 6.08. The summed E-state index contributed by atoms with van der Waals surface area (Å²) < 4.78 is 54.8. The molecule has 0 N–H and O–H groups in total. The molecule has 1 aliphatic carbocycles. The van der Waals surface area contributed by atoms with Gasteiger partial charge in [0.05, 0.1) is 23.6 Å². The number of fused-ring (bicyclic) bond motifs is 2. The van der Waals surface area contributed by atoms with Crippen LogP contribution in [0, 0.1) is 16.7 Å². The van der Waals surface area contributed by atoms with Gasteiger partial charge in [0, 0.05) is 36.1 Å². The lowest BCUT2D eigenvalue weighted by Gasteiger charge is -2.26. The number of hydrogen-bond donors (Lipinski definition) is 0. The Bertz CT molecular complexity index is 1380. The van der Waals surface area contributed by atoms with Crippen molar-refractivity contribution in [1.29, 1.82) is 5.26 Å². The Hall–Kier alpha value is -3.39. The van der Waals surface area contributed by atoms with Crippen molar-refractivity contribution in [1.82, 2.24) is 20.1 Å². The van der Waals surface area contributed by atoms with Gasteiger partial charge in [-0.15, -0.1) is 10.2 Å². The highest BCUT2D eigenvalue weighted by Gasteiger charge is 2.86. The molecule has 188 valence electrons. The van der Waals surface area contributed by atoms with Gasteiger partial charge in [-0.2, -0.15) is 18.4 Å². The van der Waals surface area contributed by atoms with Crippen molar-refractivity contribution < 1.29 is 22.3 Å². The van der Waals surface area contributed by atoms with Crippen molar-refractivity contribution in [3.05, 3.63) is 41.6 Å². The zero-order chi connectivity index (χ0) is 25.3. The SMILES string of the molecule is COc1ccc2c(N3C[C@]4(c5nnc(C6CCN(C)CC6)o5)C[C@]4(C(F)(F)F)C3)ccc(C#N)c2n1. The normalized spacial score (nSPS) is 26.7. The molecule has 3 aliphatic rings. The minimum absolute atomic E-state index is 0.0684. The number of nitriles is 1. The van der Waals surface area contributed by atoms with Gasteiger partial charge < -0.3 is 19.0 Å². The zero-order valence-corrected chi connectivity index (χ0v) is 20.0. The molecule has 1 aromatic carbocycles. The number of hydrogen-bond acceptors (Lipinski definition) is 8. The molecule has 2 saturated heterocycles. The molecule has 3 aromatic rings. The van der Waals surface area contributed by atoms with Crippen molar-refractivity contribution in [2.24, 2.45) is 5.41 Å². The molecule has 0 unspecified atom stereocenters. The van der Waals surface area contributed by atoms with E-state index in [0.29, 0.717) is 33.9 Å². The van der Waals surface area contributed by atoms with Crippen LogP contribution in [0.2, 0.25) is 0 Å². The number of benzene rings is 1.